The molecule has 2 nitrogen and oxygen atoms in total. The van der Waals surface area contributed by atoms with Gasteiger partial charge in [0, 0.05) is 18.3 Å². The molecular weight excluding hydrogens is 231 g/mol. The summed E-state index contributed by atoms with van der Waals surface area (Å²) < 4.78 is 0. The smallest absolute Gasteiger partial charge is 0.0679 e. The summed E-state index contributed by atoms with van der Waals surface area (Å²) >= 11 is 11.9. The Morgan fingerprint density at radius 3 is 2.73 bits per heavy atom. The Labute approximate surface area is 101 Å². The van der Waals surface area contributed by atoms with E-state index in [4.69, 9.17) is 23.2 Å². The van der Waals surface area contributed by atoms with Crippen LogP contribution in [-0.2, 0) is 0 Å². The van der Waals surface area contributed by atoms with Crippen molar-refractivity contribution in [1.82, 2.24) is 4.90 Å². The largest absolute Gasteiger partial charge is 0.308 e. The maximum atomic E-state index is 6.00. The molecule has 1 rings (SSSR count). The third-order valence-corrected chi connectivity index (χ3v) is 2.72. The Hall–Kier alpha value is -0.570. The first-order valence-corrected chi connectivity index (χ1v) is 5.45. The van der Waals surface area contributed by atoms with Crippen LogP contribution < -0.4 is 0 Å². The number of likely N-dealkylation sites (N-methyl/N-ethyl adjacent to an activating group) is 1. The monoisotopic (exact) mass is 244 g/mol. The number of benzene rings is 1. The lowest BCUT2D eigenvalue weighted by Gasteiger charge is -2.05. The van der Waals surface area contributed by atoms with Gasteiger partial charge in [-0.05, 0) is 20.2 Å². The molecule has 0 N–H and O–H groups in total. The van der Waals surface area contributed by atoms with E-state index in [1.807, 2.05) is 26.2 Å². The average molecular weight is 245 g/mol. The van der Waals surface area contributed by atoms with Crippen molar-refractivity contribution >= 4 is 29.4 Å². The van der Waals surface area contributed by atoms with Crippen LogP contribution in [0.25, 0.3) is 0 Å². The molecule has 0 radical (unpaired) electrons. The molecule has 0 saturated carbocycles. The highest BCUT2D eigenvalue weighted by molar-refractivity contribution is 6.43. The first-order valence-electron chi connectivity index (χ1n) is 4.70. The second-order valence-electron chi connectivity index (χ2n) is 3.48. The molecule has 0 spiro atoms. The van der Waals surface area contributed by atoms with Crippen molar-refractivity contribution in [2.24, 2.45) is 4.99 Å². The normalized spacial score (nSPS) is 11.5. The number of hydrogen-bond acceptors (Lipinski definition) is 2. The first kappa shape index (κ1) is 12.5. The number of hydrogen-bond donors (Lipinski definition) is 0. The van der Waals surface area contributed by atoms with Crippen LogP contribution in [0.3, 0.4) is 0 Å². The summed E-state index contributed by atoms with van der Waals surface area (Å²) in [7, 11) is 4.03. The molecule has 0 aromatic heterocycles. The van der Waals surface area contributed by atoms with E-state index in [1.54, 1.807) is 12.3 Å². The first-order chi connectivity index (χ1) is 7.11. The second-order valence-corrected chi connectivity index (χ2v) is 4.27. The molecule has 0 aliphatic rings. The zero-order valence-corrected chi connectivity index (χ0v) is 10.4. The van der Waals surface area contributed by atoms with Gasteiger partial charge < -0.3 is 4.90 Å². The van der Waals surface area contributed by atoms with Gasteiger partial charge in [0.05, 0.1) is 16.6 Å². The van der Waals surface area contributed by atoms with Crippen molar-refractivity contribution in [3.05, 3.63) is 33.8 Å². The van der Waals surface area contributed by atoms with E-state index in [0.29, 0.717) is 10.0 Å². The topological polar surface area (TPSA) is 15.6 Å². The lowest BCUT2D eigenvalue weighted by Crippen LogP contribution is -2.15. The predicted molar refractivity (Wildman–Crippen MR) is 67.5 cm³/mol. The molecule has 0 aliphatic carbocycles. The summed E-state index contributed by atoms with van der Waals surface area (Å²) in [6.45, 7) is 1.69. The van der Waals surface area contributed by atoms with Gasteiger partial charge in [-0.3, -0.25) is 4.99 Å². The van der Waals surface area contributed by atoms with Gasteiger partial charge in [-0.15, -0.1) is 0 Å². The Balaban J connectivity index is 2.60. The highest BCUT2D eigenvalue weighted by Gasteiger charge is 2.00. The van der Waals surface area contributed by atoms with Crippen LogP contribution >= 0.6 is 23.2 Å². The molecule has 0 heterocycles. The Bertz CT molecular complexity index is 348. The van der Waals surface area contributed by atoms with Crippen molar-refractivity contribution < 1.29 is 0 Å². The summed E-state index contributed by atoms with van der Waals surface area (Å²) in [5, 5.41) is 1.13. The van der Waals surface area contributed by atoms with Crippen molar-refractivity contribution in [2.75, 3.05) is 27.2 Å². The van der Waals surface area contributed by atoms with Gasteiger partial charge in [-0.25, -0.2) is 0 Å². The third kappa shape index (κ3) is 4.20. The van der Waals surface area contributed by atoms with Crippen LogP contribution in [0.5, 0.6) is 0 Å². The van der Waals surface area contributed by atoms with Crippen molar-refractivity contribution in [1.29, 1.82) is 0 Å². The minimum absolute atomic E-state index is 0.563. The number of nitrogens with zero attached hydrogens (tertiary/aromatic N) is 2. The van der Waals surface area contributed by atoms with E-state index in [0.717, 1.165) is 18.7 Å². The molecule has 82 valence electrons. The third-order valence-electron chi connectivity index (χ3n) is 1.89. The number of halogens is 2. The van der Waals surface area contributed by atoms with Gasteiger partial charge in [0.1, 0.15) is 0 Å². The van der Waals surface area contributed by atoms with E-state index in [-0.39, 0.29) is 0 Å². The fraction of sp³-hybridized carbons (Fsp3) is 0.364. The maximum Gasteiger partial charge on any atom is 0.0679 e. The van der Waals surface area contributed by atoms with Crippen molar-refractivity contribution in [2.45, 2.75) is 0 Å². The highest BCUT2D eigenvalue weighted by atomic mass is 35.5. The standard InChI is InChI=1S/C11H14Cl2N2/c1-15(2)7-6-14-8-9-4-3-5-10(12)11(9)13/h3-5,8H,6-7H2,1-2H3. The summed E-state index contributed by atoms with van der Waals surface area (Å²) in [6.07, 6.45) is 1.76. The van der Waals surface area contributed by atoms with Gasteiger partial charge in [0.15, 0.2) is 0 Å². The molecular formula is C11H14Cl2N2. The number of aliphatic imine (C=N–C) groups is 1. The van der Waals surface area contributed by atoms with Gasteiger partial charge in [-0.1, -0.05) is 35.3 Å². The SMILES string of the molecule is CN(C)CCN=Cc1cccc(Cl)c1Cl. The molecule has 0 bridgehead atoms. The zero-order chi connectivity index (χ0) is 11.3. The van der Waals surface area contributed by atoms with Crippen LogP contribution in [0.1, 0.15) is 5.56 Å². The van der Waals surface area contributed by atoms with Crippen LogP contribution in [0.2, 0.25) is 10.0 Å². The molecule has 0 amide bonds. The minimum Gasteiger partial charge on any atom is -0.308 e. The fourth-order valence-corrected chi connectivity index (χ4v) is 1.40. The molecule has 0 atom stereocenters. The van der Waals surface area contributed by atoms with Crippen molar-refractivity contribution in [3.63, 3.8) is 0 Å². The Morgan fingerprint density at radius 2 is 2.07 bits per heavy atom. The van der Waals surface area contributed by atoms with Gasteiger partial charge in [-0.2, -0.15) is 0 Å². The van der Waals surface area contributed by atoms with E-state index in [1.165, 1.54) is 0 Å². The summed E-state index contributed by atoms with van der Waals surface area (Å²) in [4.78, 5) is 6.35. The molecule has 0 fully saturated rings. The van der Waals surface area contributed by atoms with Crippen LogP contribution in [0.15, 0.2) is 23.2 Å². The summed E-state index contributed by atoms with van der Waals surface area (Å²) in [5.41, 5.74) is 0.864. The highest BCUT2D eigenvalue weighted by Crippen LogP contribution is 2.24. The van der Waals surface area contributed by atoms with Gasteiger partial charge >= 0.3 is 0 Å². The van der Waals surface area contributed by atoms with E-state index in [2.05, 4.69) is 9.89 Å². The molecule has 1 aromatic carbocycles. The van der Waals surface area contributed by atoms with E-state index in [9.17, 15) is 0 Å². The average Bonchev–Trinajstić information content (AvgIpc) is 2.18. The number of rotatable bonds is 4. The fourth-order valence-electron chi connectivity index (χ4n) is 1.04. The lowest BCUT2D eigenvalue weighted by atomic mass is 10.2. The van der Waals surface area contributed by atoms with Crippen LogP contribution in [-0.4, -0.2) is 38.3 Å². The van der Waals surface area contributed by atoms with Crippen LogP contribution in [0.4, 0.5) is 0 Å². The second kappa shape index (κ2) is 6.11. The van der Waals surface area contributed by atoms with E-state index < -0.39 is 0 Å². The van der Waals surface area contributed by atoms with Crippen LogP contribution in [0, 0.1) is 0 Å². The van der Waals surface area contributed by atoms with Gasteiger partial charge in [0.25, 0.3) is 0 Å². The quantitative estimate of drug-likeness (QED) is 0.744. The molecule has 4 heteroatoms. The van der Waals surface area contributed by atoms with Crippen molar-refractivity contribution in [3.8, 4) is 0 Å². The van der Waals surface area contributed by atoms with E-state index >= 15 is 0 Å². The van der Waals surface area contributed by atoms with Gasteiger partial charge in [0.2, 0.25) is 0 Å². The molecule has 0 aliphatic heterocycles. The zero-order valence-electron chi connectivity index (χ0n) is 8.87. The summed E-state index contributed by atoms with van der Waals surface area (Å²) in [5.74, 6) is 0. The molecule has 15 heavy (non-hydrogen) atoms. The molecule has 0 saturated heterocycles. The predicted octanol–water partition coefficient (Wildman–Crippen LogP) is 2.97. The maximum absolute atomic E-state index is 6.00. The Morgan fingerprint density at radius 1 is 1.33 bits per heavy atom. The minimum atomic E-state index is 0.563. The Kier molecular flexibility index (Phi) is 5.09. The molecule has 1 aromatic rings. The molecule has 0 unspecified atom stereocenters. The summed E-state index contributed by atoms with van der Waals surface area (Å²) in [6, 6.07) is 5.52. The lowest BCUT2D eigenvalue weighted by molar-refractivity contribution is 0.421.